The highest BCUT2D eigenvalue weighted by molar-refractivity contribution is 5.86. The minimum Gasteiger partial charge on any atom is -0.497 e. The number of pyridine rings is 1. The van der Waals surface area contributed by atoms with E-state index in [4.69, 9.17) is 10.5 Å². The number of piperidine rings is 3. The van der Waals surface area contributed by atoms with Gasteiger partial charge in [0.25, 0.3) is 0 Å². The Kier molecular flexibility index (Phi) is 4.02. The summed E-state index contributed by atoms with van der Waals surface area (Å²) < 4.78 is 5.40. The van der Waals surface area contributed by atoms with Gasteiger partial charge in [-0.25, -0.2) is 0 Å². The Bertz CT molecular complexity index is 760. The molecule has 3 fully saturated rings. The average Bonchev–Trinajstić information content (AvgIpc) is 2.66. The number of nitrogens with zero attached hydrogens (tertiary/aromatic N) is 2. The first kappa shape index (κ1) is 15.6. The monoisotopic (exact) mass is 323 g/mol. The molecule has 3 saturated heterocycles. The van der Waals surface area contributed by atoms with E-state index in [2.05, 4.69) is 34.7 Å². The van der Waals surface area contributed by atoms with Gasteiger partial charge in [0.15, 0.2) is 0 Å². The van der Waals surface area contributed by atoms with Crippen molar-refractivity contribution in [2.24, 2.45) is 17.6 Å². The third kappa shape index (κ3) is 2.50. The molecule has 1 aromatic heterocycles. The van der Waals surface area contributed by atoms with Crippen molar-refractivity contribution in [2.45, 2.75) is 24.9 Å². The van der Waals surface area contributed by atoms with E-state index in [1.165, 1.54) is 6.42 Å². The highest BCUT2D eigenvalue weighted by Crippen LogP contribution is 2.41. The van der Waals surface area contributed by atoms with Gasteiger partial charge in [-0.1, -0.05) is 6.08 Å². The van der Waals surface area contributed by atoms with E-state index in [1.54, 1.807) is 7.11 Å². The molecule has 5 rings (SSSR count). The van der Waals surface area contributed by atoms with Gasteiger partial charge < -0.3 is 10.5 Å². The van der Waals surface area contributed by atoms with Crippen LogP contribution in [0.15, 0.2) is 43.2 Å². The molecule has 2 bridgehead atoms. The third-order valence-electron chi connectivity index (χ3n) is 5.93. The molecule has 4 unspecified atom stereocenters. The molecule has 24 heavy (non-hydrogen) atoms. The molecule has 0 radical (unpaired) electrons. The number of ether oxygens (including phenoxy) is 1. The Morgan fingerprint density at radius 3 is 3.00 bits per heavy atom. The predicted octanol–water partition coefficient (Wildman–Crippen LogP) is 3.14. The summed E-state index contributed by atoms with van der Waals surface area (Å²) in [4.78, 5) is 6.97. The zero-order valence-electron chi connectivity index (χ0n) is 14.2. The molecular formula is C20H25N3O. The summed E-state index contributed by atoms with van der Waals surface area (Å²) in [5.74, 6) is 2.20. The molecule has 5 atom stereocenters. The molecule has 3 aliphatic rings. The normalized spacial score (nSPS) is 30.2. The maximum atomic E-state index is 6.75. The molecule has 0 aliphatic carbocycles. The van der Waals surface area contributed by atoms with E-state index in [1.807, 2.05) is 18.5 Å². The average molecular weight is 323 g/mol. The lowest BCUT2D eigenvalue weighted by molar-refractivity contribution is 0.00745. The van der Waals surface area contributed by atoms with Crippen LogP contribution in [0.2, 0.25) is 0 Å². The van der Waals surface area contributed by atoms with Crippen LogP contribution in [0.1, 0.15) is 24.4 Å². The number of hydrogen-bond donors (Lipinski definition) is 1. The quantitative estimate of drug-likeness (QED) is 0.878. The first-order valence-corrected chi connectivity index (χ1v) is 8.75. The first-order valence-electron chi connectivity index (χ1n) is 8.75. The SMILES string of the molecule is C=CC1CN2CCC1CC2[C@@H](N)c1cncc2ccc(OC)cc12. The molecular weight excluding hydrogens is 298 g/mol. The standard InChI is InChI=1S/C20H25N3O/c1-3-13-12-23-7-6-14(13)8-19(23)20(21)18-11-22-10-15-4-5-16(24-2)9-17(15)18/h3-5,9-11,13-14,19-20H,1,6-8,12,21H2,2H3/t13?,14?,19?,20-/m0/s1. The summed E-state index contributed by atoms with van der Waals surface area (Å²) >= 11 is 0. The van der Waals surface area contributed by atoms with Crippen LogP contribution in [0, 0.1) is 11.8 Å². The smallest absolute Gasteiger partial charge is 0.119 e. The molecule has 1 aromatic carbocycles. The molecule has 4 heterocycles. The summed E-state index contributed by atoms with van der Waals surface area (Å²) in [5.41, 5.74) is 7.88. The van der Waals surface area contributed by atoms with Crippen LogP contribution >= 0.6 is 0 Å². The predicted molar refractivity (Wildman–Crippen MR) is 97.0 cm³/mol. The second-order valence-electron chi connectivity index (χ2n) is 7.09. The number of hydrogen-bond acceptors (Lipinski definition) is 4. The Labute approximate surface area is 143 Å². The number of fused-ring (bicyclic) bond motifs is 4. The van der Waals surface area contributed by atoms with Gasteiger partial charge in [-0.15, -0.1) is 6.58 Å². The topological polar surface area (TPSA) is 51.4 Å². The van der Waals surface area contributed by atoms with Crippen molar-refractivity contribution in [3.05, 3.63) is 48.8 Å². The summed E-state index contributed by atoms with van der Waals surface area (Å²) in [6.45, 7) is 6.25. The van der Waals surface area contributed by atoms with Crippen LogP contribution in [0.5, 0.6) is 5.75 Å². The molecule has 4 heteroatoms. The van der Waals surface area contributed by atoms with Crippen molar-refractivity contribution in [1.82, 2.24) is 9.88 Å². The van der Waals surface area contributed by atoms with Gasteiger partial charge in [0.05, 0.1) is 7.11 Å². The second-order valence-corrected chi connectivity index (χ2v) is 7.09. The summed E-state index contributed by atoms with van der Waals surface area (Å²) in [5, 5.41) is 2.27. The van der Waals surface area contributed by atoms with E-state index in [0.717, 1.165) is 47.5 Å². The van der Waals surface area contributed by atoms with Crippen molar-refractivity contribution >= 4 is 10.8 Å². The van der Waals surface area contributed by atoms with Gasteiger partial charge in [-0.2, -0.15) is 0 Å². The van der Waals surface area contributed by atoms with Crippen molar-refractivity contribution in [1.29, 1.82) is 0 Å². The second kappa shape index (κ2) is 6.19. The lowest BCUT2D eigenvalue weighted by Gasteiger charge is -2.51. The minimum atomic E-state index is -0.0260. The van der Waals surface area contributed by atoms with Gasteiger partial charge in [0.1, 0.15) is 5.75 Å². The van der Waals surface area contributed by atoms with E-state index in [-0.39, 0.29) is 6.04 Å². The lowest BCUT2D eigenvalue weighted by atomic mass is 9.73. The van der Waals surface area contributed by atoms with E-state index >= 15 is 0 Å². The lowest BCUT2D eigenvalue weighted by Crippen LogP contribution is -2.56. The molecule has 126 valence electrons. The zero-order valence-corrected chi connectivity index (χ0v) is 14.2. The van der Waals surface area contributed by atoms with Gasteiger partial charge in [-0.05, 0) is 60.4 Å². The Morgan fingerprint density at radius 2 is 2.29 bits per heavy atom. The van der Waals surface area contributed by atoms with Gasteiger partial charge in [0.2, 0.25) is 0 Å². The molecule has 0 amide bonds. The molecule has 2 N–H and O–H groups in total. The fourth-order valence-electron chi connectivity index (χ4n) is 4.52. The zero-order chi connectivity index (χ0) is 16.7. The van der Waals surface area contributed by atoms with Crippen LogP contribution < -0.4 is 10.5 Å². The maximum Gasteiger partial charge on any atom is 0.119 e. The van der Waals surface area contributed by atoms with Crippen LogP contribution in [0.3, 0.4) is 0 Å². The van der Waals surface area contributed by atoms with E-state index in [9.17, 15) is 0 Å². The maximum absolute atomic E-state index is 6.75. The minimum absolute atomic E-state index is 0.0260. The van der Waals surface area contributed by atoms with Crippen LogP contribution in [-0.4, -0.2) is 36.1 Å². The molecule has 0 saturated carbocycles. The number of aromatic nitrogens is 1. The summed E-state index contributed by atoms with van der Waals surface area (Å²) in [7, 11) is 1.70. The van der Waals surface area contributed by atoms with E-state index in [0.29, 0.717) is 12.0 Å². The largest absolute Gasteiger partial charge is 0.497 e. The van der Waals surface area contributed by atoms with E-state index < -0.39 is 0 Å². The number of methoxy groups -OCH3 is 1. The van der Waals surface area contributed by atoms with Gasteiger partial charge >= 0.3 is 0 Å². The molecule has 0 spiro atoms. The Hall–Kier alpha value is -1.91. The van der Waals surface area contributed by atoms with Crippen LogP contribution in [0.4, 0.5) is 0 Å². The number of nitrogens with two attached hydrogens (primary N) is 1. The summed E-state index contributed by atoms with van der Waals surface area (Å²) in [6.07, 6.45) is 8.37. The van der Waals surface area contributed by atoms with Crippen molar-refractivity contribution in [2.75, 3.05) is 20.2 Å². The van der Waals surface area contributed by atoms with Crippen molar-refractivity contribution in [3.63, 3.8) is 0 Å². The van der Waals surface area contributed by atoms with Gasteiger partial charge in [0, 0.05) is 36.4 Å². The Balaban J connectivity index is 1.69. The Morgan fingerprint density at radius 1 is 1.42 bits per heavy atom. The van der Waals surface area contributed by atoms with Gasteiger partial charge in [-0.3, -0.25) is 9.88 Å². The highest BCUT2D eigenvalue weighted by atomic mass is 16.5. The fourth-order valence-corrected chi connectivity index (χ4v) is 4.52. The number of benzene rings is 1. The fraction of sp³-hybridized carbons (Fsp3) is 0.450. The summed E-state index contributed by atoms with van der Waals surface area (Å²) in [6, 6.07) is 6.47. The van der Waals surface area contributed by atoms with Crippen LogP contribution in [-0.2, 0) is 0 Å². The molecule has 3 aliphatic heterocycles. The first-order chi connectivity index (χ1) is 11.7. The highest BCUT2D eigenvalue weighted by Gasteiger charge is 2.41. The number of rotatable bonds is 4. The van der Waals surface area contributed by atoms with Crippen LogP contribution in [0.25, 0.3) is 10.8 Å². The molecule has 2 aromatic rings. The third-order valence-corrected chi connectivity index (χ3v) is 5.93. The molecule has 4 nitrogen and oxygen atoms in total. The van der Waals surface area contributed by atoms with Crippen molar-refractivity contribution in [3.8, 4) is 5.75 Å². The van der Waals surface area contributed by atoms with Crippen molar-refractivity contribution < 1.29 is 4.74 Å².